The smallest absolute Gasteiger partial charge is 0.326 e. The molecule has 1 saturated carbocycles. The Balaban J connectivity index is 1.77. The summed E-state index contributed by atoms with van der Waals surface area (Å²) in [6, 6.07) is 5.28. The molecule has 182 valence electrons. The Morgan fingerprint density at radius 3 is 2.26 bits per heavy atom. The third-order valence-electron chi connectivity index (χ3n) is 4.59. The lowest BCUT2D eigenvalue weighted by Crippen LogP contribution is -2.23. The van der Waals surface area contributed by atoms with Crippen molar-refractivity contribution in [1.29, 1.82) is 0 Å². The predicted molar refractivity (Wildman–Crippen MR) is 116 cm³/mol. The number of hydrogen-bond donors (Lipinski definition) is 3. The van der Waals surface area contributed by atoms with E-state index in [9.17, 15) is 36.3 Å². The number of hydrogen-bond acceptors (Lipinski definition) is 3. The van der Waals surface area contributed by atoms with Gasteiger partial charge in [0.1, 0.15) is 22.3 Å². The van der Waals surface area contributed by atoms with Crippen molar-refractivity contribution in [3.63, 3.8) is 0 Å². The standard InChI is InChI=1S/C20H13Cl3F5N3O3/c21-11-2-1-8(29-18(34)10-6-19(10,22)23)5-9(11)17(33)30-13-4-3-12(24)16(15(13)25)31-14(32)7-20(26,27)28/h1-5,10H,6-7H2,(H,29,34)(H,30,33)(H,31,32)/t10-/m1/s1. The summed E-state index contributed by atoms with van der Waals surface area (Å²) in [5.41, 5.74) is -1.89. The molecular formula is C20H13Cl3F5N3O3. The second-order valence-electron chi connectivity index (χ2n) is 7.28. The molecule has 0 aliphatic heterocycles. The van der Waals surface area contributed by atoms with Gasteiger partial charge in [-0.2, -0.15) is 13.2 Å². The van der Waals surface area contributed by atoms with Gasteiger partial charge in [-0.05, 0) is 36.8 Å². The number of benzene rings is 2. The van der Waals surface area contributed by atoms with E-state index in [-0.39, 0.29) is 22.7 Å². The van der Waals surface area contributed by atoms with Gasteiger partial charge in [0.2, 0.25) is 11.8 Å². The van der Waals surface area contributed by atoms with Crippen molar-refractivity contribution >= 4 is 69.6 Å². The van der Waals surface area contributed by atoms with Crippen molar-refractivity contribution in [2.45, 2.75) is 23.4 Å². The summed E-state index contributed by atoms with van der Waals surface area (Å²) in [5, 5.41) is 6.00. The largest absolute Gasteiger partial charge is 0.397 e. The molecule has 6 nitrogen and oxygen atoms in total. The van der Waals surface area contributed by atoms with Crippen molar-refractivity contribution in [1.82, 2.24) is 0 Å². The van der Waals surface area contributed by atoms with E-state index < -0.39 is 63.6 Å². The van der Waals surface area contributed by atoms with E-state index in [2.05, 4.69) is 10.6 Å². The minimum atomic E-state index is -4.89. The summed E-state index contributed by atoms with van der Waals surface area (Å²) in [7, 11) is 0. The molecule has 0 unspecified atom stereocenters. The lowest BCUT2D eigenvalue weighted by molar-refractivity contribution is -0.150. The number of carbonyl (C=O) groups excluding carboxylic acids is 3. The quantitative estimate of drug-likeness (QED) is 0.313. The number of alkyl halides is 5. The Morgan fingerprint density at radius 2 is 1.68 bits per heavy atom. The van der Waals surface area contributed by atoms with E-state index in [1.807, 2.05) is 0 Å². The lowest BCUT2D eigenvalue weighted by Gasteiger charge is -2.14. The lowest BCUT2D eigenvalue weighted by atomic mass is 10.1. The Morgan fingerprint density at radius 1 is 1.03 bits per heavy atom. The summed E-state index contributed by atoms with van der Waals surface area (Å²) < 4.78 is 64.4. The molecule has 1 fully saturated rings. The van der Waals surface area contributed by atoms with Crippen LogP contribution < -0.4 is 16.0 Å². The third kappa shape index (κ3) is 6.28. The van der Waals surface area contributed by atoms with Gasteiger partial charge in [0, 0.05) is 5.69 Å². The van der Waals surface area contributed by atoms with Crippen LogP contribution in [0.1, 0.15) is 23.2 Å². The van der Waals surface area contributed by atoms with Crippen LogP contribution in [0.15, 0.2) is 30.3 Å². The molecule has 0 aromatic heterocycles. The molecule has 0 radical (unpaired) electrons. The van der Waals surface area contributed by atoms with E-state index in [0.29, 0.717) is 6.07 Å². The van der Waals surface area contributed by atoms with Crippen molar-refractivity contribution in [3.05, 3.63) is 52.6 Å². The van der Waals surface area contributed by atoms with Crippen LogP contribution in [0, 0.1) is 17.6 Å². The summed E-state index contributed by atoms with van der Waals surface area (Å²) in [6.07, 6.45) is -6.62. The SMILES string of the molecule is O=C(CC(F)(F)F)Nc1c(F)ccc(NC(=O)c2cc(NC(=O)[C@H]3CC3(Cl)Cl)ccc2Cl)c1F. The minimum absolute atomic E-state index is 0.0906. The fourth-order valence-electron chi connectivity index (χ4n) is 2.82. The van der Waals surface area contributed by atoms with Crippen LogP contribution in [-0.4, -0.2) is 28.2 Å². The second-order valence-corrected chi connectivity index (χ2v) is 9.23. The molecule has 2 aromatic rings. The molecule has 34 heavy (non-hydrogen) atoms. The maximum absolute atomic E-state index is 14.7. The summed E-state index contributed by atoms with van der Waals surface area (Å²) in [4.78, 5) is 36.2. The summed E-state index contributed by atoms with van der Waals surface area (Å²) >= 11 is 17.7. The minimum Gasteiger partial charge on any atom is -0.326 e. The third-order valence-corrected chi connectivity index (χ3v) is 5.75. The molecule has 1 aliphatic carbocycles. The Hall–Kier alpha value is -2.63. The van der Waals surface area contributed by atoms with Gasteiger partial charge in [-0.15, -0.1) is 23.2 Å². The fourth-order valence-corrected chi connectivity index (χ4v) is 3.53. The molecule has 1 atom stereocenters. The highest BCUT2D eigenvalue weighted by molar-refractivity contribution is 6.52. The predicted octanol–water partition coefficient (Wildman–Crippen LogP) is 5.89. The molecule has 2 aromatic carbocycles. The fraction of sp³-hybridized carbons (Fsp3) is 0.250. The summed E-state index contributed by atoms with van der Waals surface area (Å²) in [5.74, 6) is -6.71. The molecule has 1 aliphatic rings. The number of amides is 3. The Labute approximate surface area is 203 Å². The maximum Gasteiger partial charge on any atom is 0.397 e. The molecule has 3 rings (SSSR count). The van der Waals surface area contributed by atoms with Gasteiger partial charge in [-0.25, -0.2) is 8.78 Å². The van der Waals surface area contributed by atoms with Crippen LogP contribution >= 0.6 is 34.8 Å². The van der Waals surface area contributed by atoms with E-state index >= 15 is 0 Å². The zero-order valence-corrected chi connectivity index (χ0v) is 18.9. The molecule has 0 bridgehead atoms. The molecule has 3 N–H and O–H groups in total. The van der Waals surface area contributed by atoms with Gasteiger partial charge < -0.3 is 16.0 Å². The van der Waals surface area contributed by atoms with Gasteiger partial charge >= 0.3 is 6.18 Å². The van der Waals surface area contributed by atoms with Crippen LogP contribution in [0.2, 0.25) is 5.02 Å². The van der Waals surface area contributed by atoms with Crippen molar-refractivity contribution < 1.29 is 36.3 Å². The van der Waals surface area contributed by atoms with Crippen molar-refractivity contribution in [2.75, 3.05) is 16.0 Å². The number of nitrogens with one attached hydrogen (secondary N) is 3. The van der Waals surface area contributed by atoms with Gasteiger partial charge in [0.25, 0.3) is 5.91 Å². The van der Waals surface area contributed by atoms with Gasteiger partial charge in [0.15, 0.2) is 5.82 Å². The molecule has 14 heteroatoms. The van der Waals surface area contributed by atoms with Crippen LogP contribution in [0.5, 0.6) is 0 Å². The average Bonchev–Trinajstić information content (AvgIpc) is 3.35. The van der Waals surface area contributed by atoms with E-state index in [1.54, 1.807) is 0 Å². The molecule has 3 amide bonds. The first-order valence-electron chi connectivity index (χ1n) is 9.32. The molecule has 0 spiro atoms. The monoisotopic (exact) mass is 543 g/mol. The molecule has 0 heterocycles. The number of anilines is 3. The second kappa shape index (κ2) is 9.55. The van der Waals surface area contributed by atoms with Crippen LogP contribution in [0.3, 0.4) is 0 Å². The van der Waals surface area contributed by atoms with Gasteiger partial charge in [-0.1, -0.05) is 11.6 Å². The average molecular weight is 545 g/mol. The van der Waals surface area contributed by atoms with Gasteiger partial charge in [0.05, 0.1) is 22.2 Å². The molecular weight excluding hydrogens is 532 g/mol. The van der Waals surface area contributed by atoms with Crippen molar-refractivity contribution in [2.24, 2.45) is 5.92 Å². The van der Waals surface area contributed by atoms with Crippen LogP contribution in [-0.2, 0) is 9.59 Å². The van der Waals surface area contributed by atoms with Crippen LogP contribution in [0.25, 0.3) is 0 Å². The zero-order chi connectivity index (χ0) is 25.4. The maximum atomic E-state index is 14.7. The highest BCUT2D eigenvalue weighted by Crippen LogP contribution is 2.53. The first-order valence-corrected chi connectivity index (χ1v) is 10.5. The van der Waals surface area contributed by atoms with E-state index in [4.69, 9.17) is 34.8 Å². The first kappa shape index (κ1) is 26.0. The highest BCUT2D eigenvalue weighted by atomic mass is 35.5. The van der Waals surface area contributed by atoms with Crippen LogP contribution in [0.4, 0.5) is 39.0 Å². The zero-order valence-electron chi connectivity index (χ0n) is 16.6. The normalized spacial score (nSPS) is 16.5. The van der Waals surface area contributed by atoms with Crippen molar-refractivity contribution in [3.8, 4) is 0 Å². The van der Waals surface area contributed by atoms with Gasteiger partial charge in [-0.3, -0.25) is 14.4 Å². The number of carbonyl (C=O) groups is 3. The number of halogens is 8. The number of rotatable bonds is 6. The topological polar surface area (TPSA) is 87.3 Å². The Bertz CT molecular complexity index is 1170. The van der Waals surface area contributed by atoms with E-state index in [1.165, 1.54) is 23.5 Å². The Kier molecular flexibility index (Phi) is 7.30. The highest BCUT2D eigenvalue weighted by Gasteiger charge is 2.56. The van der Waals surface area contributed by atoms with E-state index in [0.717, 1.165) is 6.07 Å². The summed E-state index contributed by atoms with van der Waals surface area (Å²) in [6.45, 7) is 0. The first-order chi connectivity index (χ1) is 15.7. The molecule has 0 saturated heterocycles.